The van der Waals surface area contributed by atoms with Crippen molar-refractivity contribution in [2.75, 3.05) is 5.73 Å². The van der Waals surface area contributed by atoms with Gasteiger partial charge in [0.1, 0.15) is 5.82 Å². The maximum Gasteiger partial charge on any atom is 0.126 e. The molecule has 0 radical (unpaired) electrons. The van der Waals surface area contributed by atoms with Crippen LogP contribution in [-0.4, -0.2) is 9.97 Å². The molecule has 2 N–H and O–H groups in total. The molecule has 0 aliphatic carbocycles. The smallest absolute Gasteiger partial charge is 0.126 e. The summed E-state index contributed by atoms with van der Waals surface area (Å²) in [5, 5.41) is 0. The van der Waals surface area contributed by atoms with Gasteiger partial charge >= 0.3 is 0 Å². The lowest BCUT2D eigenvalue weighted by Crippen LogP contribution is -1.98. The van der Waals surface area contributed by atoms with Crippen molar-refractivity contribution in [3.05, 3.63) is 53.5 Å². The Morgan fingerprint density at radius 1 is 1.20 bits per heavy atom. The topological polar surface area (TPSA) is 51.8 Å². The van der Waals surface area contributed by atoms with Gasteiger partial charge < -0.3 is 5.73 Å². The van der Waals surface area contributed by atoms with Crippen LogP contribution in [0.15, 0.2) is 36.7 Å². The van der Waals surface area contributed by atoms with E-state index in [4.69, 9.17) is 5.73 Å². The molecule has 0 atom stereocenters. The Hall–Kier alpha value is -1.90. The fraction of sp³-hybridized carbons (Fsp3) is 0.167. The fourth-order valence-corrected chi connectivity index (χ4v) is 1.42. The summed E-state index contributed by atoms with van der Waals surface area (Å²) in [5.41, 5.74) is 8.99. The first kappa shape index (κ1) is 9.65. The van der Waals surface area contributed by atoms with Crippen molar-refractivity contribution in [2.24, 2.45) is 0 Å². The quantitative estimate of drug-likeness (QED) is 0.804. The molecule has 76 valence electrons. The molecule has 3 nitrogen and oxygen atoms in total. The number of nitrogens with zero attached hydrogens (tertiary/aromatic N) is 2. The predicted octanol–water partition coefficient (Wildman–Crippen LogP) is 1.96. The lowest BCUT2D eigenvalue weighted by atomic mass is 10.1. The molecule has 0 bridgehead atoms. The van der Waals surface area contributed by atoms with Gasteiger partial charge in [0.05, 0.1) is 0 Å². The summed E-state index contributed by atoms with van der Waals surface area (Å²) < 4.78 is 0. The summed E-state index contributed by atoms with van der Waals surface area (Å²) in [6.45, 7) is 1.97. The summed E-state index contributed by atoms with van der Waals surface area (Å²) in [7, 11) is 0. The van der Waals surface area contributed by atoms with E-state index >= 15 is 0 Å². The molecule has 3 heteroatoms. The number of aryl methyl sites for hydroxylation is 1. The molecule has 2 aromatic heterocycles. The van der Waals surface area contributed by atoms with E-state index < -0.39 is 0 Å². The molecule has 0 unspecified atom stereocenters. The molecule has 2 rings (SSSR count). The van der Waals surface area contributed by atoms with Crippen molar-refractivity contribution in [2.45, 2.75) is 13.3 Å². The van der Waals surface area contributed by atoms with Crippen LogP contribution in [0.3, 0.4) is 0 Å². The first-order valence-electron chi connectivity index (χ1n) is 4.86. The lowest BCUT2D eigenvalue weighted by molar-refractivity contribution is 1.10. The highest BCUT2D eigenvalue weighted by Gasteiger charge is 2.00. The minimum absolute atomic E-state index is 0.595. The Labute approximate surface area is 89.0 Å². The Morgan fingerprint density at radius 3 is 2.73 bits per heavy atom. The number of rotatable bonds is 2. The molecule has 0 spiro atoms. The van der Waals surface area contributed by atoms with E-state index in [-0.39, 0.29) is 0 Å². The third-order valence-electron chi connectivity index (χ3n) is 2.29. The van der Waals surface area contributed by atoms with Crippen molar-refractivity contribution in [3.63, 3.8) is 0 Å². The van der Waals surface area contributed by atoms with Crippen LogP contribution in [0.4, 0.5) is 5.82 Å². The second-order valence-corrected chi connectivity index (χ2v) is 3.53. The second kappa shape index (κ2) is 4.09. The van der Waals surface area contributed by atoms with Gasteiger partial charge in [-0.1, -0.05) is 12.1 Å². The van der Waals surface area contributed by atoms with Crippen LogP contribution < -0.4 is 5.73 Å². The van der Waals surface area contributed by atoms with Gasteiger partial charge in [-0.2, -0.15) is 0 Å². The SMILES string of the molecule is Cc1ccc(Cc2cccnc2N)cn1. The molecule has 0 saturated heterocycles. The number of hydrogen-bond donors (Lipinski definition) is 1. The van der Waals surface area contributed by atoms with Crippen LogP contribution in [0.5, 0.6) is 0 Å². The van der Waals surface area contributed by atoms with Gasteiger partial charge in [0.15, 0.2) is 0 Å². The van der Waals surface area contributed by atoms with Gasteiger partial charge in [-0.25, -0.2) is 4.98 Å². The van der Waals surface area contributed by atoms with E-state index in [2.05, 4.69) is 16.0 Å². The first-order chi connectivity index (χ1) is 7.25. The molecule has 2 heterocycles. The largest absolute Gasteiger partial charge is 0.383 e. The summed E-state index contributed by atoms with van der Waals surface area (Å²) in [6, 6.07) is 7.95. The highest BCUT2D eigenvalue weighted by atomic mass is 14.8. The summed E-state index contributed by atoms with van der Waals surface area (Å²) in [5.74, 6) is 0.595. The van der Waals surface area contributed by atoms with E-state index in [0.29, 0.717) is 5.82 Å². The Balaban J connectivity index is 2.22. The Morgan fingerprint density at radius 2 is 2.07 bits per heavy atom. The highest BCUT2D eigenvalue weighted by molar-refractivity contribution is 5.41. The van der Waals surface area contributed by atoms with Gasteiger partial charge in [-0.3, -0.25) is 4.98 Å². The van der Waals surface area contributed by atoms with Crippen LogP contribution in [-0.2, 0) is 6.42 Å². The minimum Gasteiger partial charge on any atom is -0.383 e. The van der Waals surface area contributed by atoms with Crippen molar-refractivity contribution in [1.82, 2.24) is 9.97 Å². The van der Waals surface area contributed by atoms with Crippen LogP contribution >= 0.6 is 0 Å². The molecular formula is C12H13N3. The van der Waals surface area contributed by atoms with Crippen molar-refractivity contribution < 1.29 is 0 Å². The van der Waals surface area contributed by atoms with E-state index in [1.54, 1.807) is 6.20 Å². The van der Waals surface area contributed by atoms with E-state index in [9.17, 15) is 0 Å². The van der Waals surface area contributed by atoms with Gasteiger partial charge in [0.2, 0.25) is 0 Å². The molecule has 15 heavy (non-hydrogen) atoms. The second-order valence-electron chi connectivity index (χ2n) is 3.53. The van der Waals surface area contributed by atoms with E-state index in [1.807, 2.05) is 31.3 Å². The summed E-state index contributed by atoms with van der Waals surface area (Å²) in [6.07, 6.45) is 4.36. The van der Waals surface area contributed by atoms with Crippen LogP contribution in [0.1, 0.15) is 16.8 Å². The number of aromatic nitrogens is 2. The highest BCUT2D eigenvalue weighted by Crippen LogP contribution is 2.13. The number of nitrogens with two attached hydrogens (primary N) is 1. The zero-order chi connectivity index (χ0) is 10.7. The molecule has 2 aromatic rings. The van der Waals surface area contributed by atoms with Gasteiger partial charge in [-0.15, -0.1) is 0 Å². The summed E-state index contributed by atoms with van der Waals surface area (Å²) >= 11 is 0. The molecule has 0 aliphatic rings. The van der Waals surface area contributed by atoms with Crippen molar-refractivity contribution in [3.8, 4) is 0 Å². The van der Waals surface area contributed by atoms with Gasteiger partial charge in [0, 0.05) is 24.5 Å². The van der Waals surface area contributed by atoms with Crippen molar-refractivity contribution in [1.29, 1.82) is 0 Å². The first-order valence-corrected chi connectivity index (χ1v) is 4.86. The van der Waals surface area contributed by atoms with Gasteiger partial charge in [0.25, 0.3) is 0 Å². The van der Waals surface area contributed by atoms with E-state index in [1.165, 1.54) is 0 Å². The zero-order valence-corrected chi connectivity index (χ0v) is 8.64. The molecule has 0 aromatic carbocycles. The maximum atomic E-state index is 5.77. The summed E-state index contributed by atoms with van der Waals surface area (Å²) in [4.78, 5) is 8.29. The molecular weight excluding hydrogens is 186 g/mol. The number of nitrogen functional groups attached to an aromatic ring is 1. The zero-order valence-electron chi connectivity index (χ0n) is 8.64. The number of anilines is 1. The molecule has 0 fully saturated rings. The number of hydrogen-bond acceptors (Lipinski definition) is 3. The Bertz CT molecular complexity index is 449. The van der Waals surface area contributed by atoms with Crippen LogP contribution in [0.25, 0.3) is 0 Å². The average Bonchev–Trinajstić information content (AvgIpc) is 2.25. The molecule has 0 aliphatic heterocycles. The van der Waals surface area contributed by atoms with E-state index in [0.717, 1.165) is 23.2 Å². The average molecular weight is 199 g/mol. The molecule has 0 amide bonds. The lowest BCUT2D eigenvalue weighted by Gasteiger charge is -2.04. The molecule has 0 saturated carbocycles. The van der Waals surface area contributed by atoms with Gasteiger partial charge in [-0.05, 0) is 30.2 Å². The monoisotopic (exact) mass is 199 g/mol. The maximum absolute atomic E-state index is 5.77. The standard InChI is InChI=1S/C12H13N3/c1-9-4-5-10(8-15-9)7-11-3-2-6-14-12(11)13/h2-6,8H,7H2,1H3,(H2,13,14). The third-order valence-corrected chi connectivity index (χ3v) is 2.29. The predicted molar refractivity (Wildman–Crippen MR) is 60.4 cm³/mol. The minimum atomic E-state index is 0.595. The number of pyridine rings is 2. The Kier molecular flexibility index (Phi) is 2.63. The fourth-order valence-electron chi connectivity index (χ4n) is 1.42. The van der Waals surface area contributed by atoms with Crippen LogP contribution in [0, 0.1) is 6.92 Å². The van der Waals surface area contributed by atoms with Crippen molar-refractivity contribution >= 4 is 5.82 Å². The third kappa shape index (κ3) is 2.31. The normalized spacial score (nSPS) is 10.2. The van der Waals surface area contributed by atoms with Crippen LogP contribution in [0.2, 0.25) is 0 Å².